The van der Waals surface area contributed by atoms with Crippen LogP contribution in [-0.4, -0.2) is 27.0 Å². The van der Waals surface area contributed by atoms with E-state index in [-0.39, 0.29) is 0 Å². The van der Waals surface area contributed by atoms with Crippen LogP contribution in [0.3, 0.4) is 0 Å². The van der Waals surface area contributed by atoms with E-state index in [2.05, 4.69) is 179 Å². The van der Waals surface area contributed by atoms with Crippen molar-refractivity contribution in [3.63, 3.8) is 0 Å². The lowest BCUT2D eigenvalue weighted by Gasteiger charge is -2.41. The van der Waals surface area contributed by atoms with Gasteiger partial charge in [-0.25, -0.2) is 9.97 Å². The molecule has 0 atom stereocenters. The molecule has 0 unspecified atom stereocenters. The number of para-hydroxylation sites is 2. The number of fused-ring (bicyclic) bond motifs is 12. The predicted octanol–water partition coefficient (Wildman–Crippen LogP) is 9.77. The first-order chi connectivity index (χ1) is 28.3. The van der Waals surface area contributed by atoms with Crippen LogP contribution in [0.1, 0.15) is 0 Å². The largest absolute Gasteiger partial charge is 0.457 e. The Hall–Kier alpha value is -6.93. The van der Waals surface area contributed by atoms with Crippen LogP contribution in [-0.2, 0) is 0 Å². The number of rotatable bonds is 5. The van der Waals surface area contributed by atoms with Crippen LogP contribution < -0.4 is 25.5 Å². The first kappa shape index (κ1) is 32.3. The highest BCUT2D eigenvalue weighted by atomic mass is 32.2. The number of hydrogen-bond acceptors (Lipinski definition) is 4. The molecule has 1 aliphatic heterocycles. The van der Waals surface area contributed by atoms with Gasteiger partial charge in [0, 0.05) is 61.2 Å². The lowest BCUT2D eigenvalue weighted by Crippen LogP contribution is -2.76. The summed E-state index contributed by atoms with van der Waals surface area (Å²) in [5, 5.41) is 11.0. The Labute approximate surface area is 333 Å². The molecule has 0 N–H and O–H groups in total. The first-order valence-corrected chi connectivity index (χ1v) is 22.0. The van der Waals surface area contributed by atoms with Crippen LogP contribution in [0.4, 0.5) is 0 Å². The third-order valence-corrected chi connectivity index (χ3v) is 18.0. The van der Waals surface area contributed by atoms with Gasteiger partial charge in [0.2, 0.25) is 0 Å². The summed E-state index contributed by atoms with van der Waals surface area (Å²) in [5.74, 6) is 2.47. The highest BCUT2D eigenvalue weighted by molar-refractivity contribution is 8.00. The molecule has 268 valence electrons. The average Bonchev–Trinajstić information content (AvgIpc) is 3.91. The van der Waals surface area contributed by atoms with E-state index in [9.17, 15) is 0 Å². The van der Waals surface area contributed by atoms with Gasteiger partial charge in [0.05, 0.1) is 16.6 Å². The Morgan fingerprint density at radius 3 is 2.02 bits per heavy atom. The first-order valence-electron chi connectivity index (χ1n) is 19.1. The second-order valence-corrected chi connectivity index (χ2v) is 19.3. The second kappa shape index (κ2) is 12.5. The Morgan fingerprint density at radius 2 is 1.23 bits per heavy atom. The lowest BCUT2D eigenvalue weighted by atomic mass is 10.1. The normalized spacial score (nSPS) is 13.3. The van der Waals surface area contributed by atoms with E-state index < -0.39 is 8.07 Å². The van der Waals surface area contributed by atoms with Gasteiger partial charge in [-0.3, -0.25) is 8.97 Å². The number of pyridine rings is 2. The van der Waals surface area contributed by atoms with Crippen molar-refractivity contribution < 1.29 is 4.74 Å². The number of imidazole rings is 1. The van der Waals surface area contributed by atoms with Crippen molar-refractivity contribution in [1.29, 1.82) is 0 Å². The quantitative estimate of drug-likeness (QED) is 0.129. The molecule has 0 amide bonds. The minimum atomic E-state index is -3.06. The summed E-state index contributed by atoms with van der Waals surface area (Å²) in [6, 6.07) is 63.5. The number of ether oxygens (including phenoxy) is 1. The summed E-state index contributed by atoms with van der Waals surface area (Å²) in [6.07, 6.45) is 5.79. The van der Waals surface area contributed by atoms with Crippen LogP contribution in [0.5, 0.6) is 11.5 Å². The van der Waals surface area contributed by atoms with Gasteiger partial charge in [-0.15, -0.1) is 0 Å². The van der Waals surface area contributed by atoms with Gasteiger partial charge >= 0.3 is 0 Å². The zero-order chi connectivity index (χ0) is 37.5. The monoisotopic (exact) mass is 764 g/mol. The Kier molecular flexibility index (Phi) is 7.11. The zero-order valence-electron chi connectivity index (χ0n) is 30.6. The number of hydrogen-bond donors (Lipinski definition) is 0. The number of aromatic nitrogens is 4. The fraction of sp³-hybridized carbons (Fsp3) is 0. The molecule has 1 aliphatic rings. The van der Waals surface area contributed by atoms with E-state index in [0.717, 1.165) is 50.3 Å². The summed E-state index contributed by atoms with van der Waals surface area (Å²) in [7, 11) is -3.06. The van der Waals surface area contributed by atoms with Gasteiger partial charge in [0.1, 0.15) is 23.0 Å². The molecule has 5 nitrogen and oxygen atoms in total. The molecule has 0 radical (unpaired) electrons. The van der Waals surface area contributed by atoms with E-state index in [0.29, 0.717) is 0 Å². The van der Waals surface area contributed by atoms with Crippen LogP contribution >= 0.6 is 11.8 Å². The van der Waals surface area contributed by atoms with Crippen molar-refractivity contribution in [1.82, 2.24) is 18.9 Å². The summed E-state index contributed by atoms with van der Waals surface area (Å²) >= 11 is 1.87. The average molecular weight is 765 g/mol. The molecular weight excluding hydrogens is 733 g/mol. The third kappa shape index (κ3) is 4.64. The summed E-state index contributed by atoms with van der Waals surface area (Å²) in [5.41, 5.74) is 4.20. The second-order valence-electron chi connectivity index (χ2n) is 14.5. The predicted molar refractivity (Wildman–Crippen MR) is 237 cm³/mol. The van der Waals surface area contributed by atoms with Crippen molar-refractivity contribution in [2.24, 2.45) is 0 Å². The van der Waals surface area contributed by atoms with Crippen molar-refractivity contribution in [2.75, 3.05) is 0 Å². The minimum Gasteiger partial charge on any atom is -0.457 e. The Bertz CT molecular complexity index is 3320. The van der Waals surface area contributed by atoms with Crippen molar-refractivity contribution in [2.45, 2.75) is 9.79 Å². The van der Waals surface area contributed by atoms with Crippen LogP contribution in [0.25, 0.3) is 54.9 Å². The summed E-state index contributed by atoms with van der Waals surface area (Å²) in [4.78, 5) is 12.3. The lowest BCUT2D eigenvalue weighted by molar-refractivity contribution is 0.487. The molecular formula is C50H32N4OSSi. The molecule has 0 fully saturated rings. The van der Waals surface area contributed by atoms with Crippen molar-refractivity contribution >= 4 is 89.7 Å². The standard InChI is InChI=1S/C50H32N4OSSi/c1-3-15-34(16-4-1)57(35-17-5-2-6-18-35)45-24-12-11-23-44(45)56-48-47-38-20-8-10-22-41(38)54(46-25-13-14-28-51-46)42(47)32-43(49(48)57)55-33-26-27-36-37-19-7-9-21-40(37)53-30-29-52-50(53)39(36)31-33/h1-32H. The van der Waals surface area contributed by atoms with E-state index in [1.54, 1.807) is 0 Å². The zero-order valence-corrected chi connectivity index (χ0v) is 32.4. The highest BCUT2D eigenvalue weighted by Gasteiger charge is 2.50. The maximum absolute atomic E-state index is 7.48. The third-order valence-electron chi connectivity index (χ3n) is 11.6. The Balaban J connectivity index is 1.24. The molecule has 7 heteroatoms. The molecule has 0 aliphatic carbocycles. The molecule has 57 heavy (non-hydrogen) atoms. The molecule has 0 spiro atoms. The van der Waals surface area contributed by atoms with Gasteiger partial charge in [-0.05, 0) is 69.5 Å². The van der Waals surface area contributed by atoms with Crippen molar-refractivity contribution in [3.8, 4) is 17.3 Å². The molecule has 0 saturated heterocycles. The van der Waals surface area contributed by atoms with Crippen LogP contribution in [0.15, 0.2) is 204 Å². The SMILES string of the molecule is c1ccc([Si]2(c3ccccc3)c3ccccc3Sc3c2c(Oc2ccc4c5ccccc5n5ccnc5c4c2)cc2c3c3ccccc3n2-c2ccccn2)cc1. The van der Waals surface area contributed by atoms with E-state index >= 15 is 0 Å². The molecule has 11 aromatic rings. The van der Waals surface area contributed by atoms with Crippen LogP contribution in [0, 0.1) is 0 Å². The Morgan fingerprint density at radius 1 is 0.526 bits per heavy atom. The topological polar surface area (TPSA) is 44.4 Å². The maximum Gasteiger partial charge on any atom is 0.186 e. The summed E-state index contributed by atoms with van der Waals surface area (Å²) in [6.45, 7) is 0. The van der Waals surface area contributed by atoms with Crippen LogP contribution in [0.2, 0.25) is 0 Å². The maximum atomic E-state index is 7.48. The highest BCUT2D eigenvalue weighted by Crippen LogP contribution is 2.46. The smallest absolute Gasteiger partial charge is 0.186 e. The summed E-state index contributed by atoms with van der Waals surface area (Å²) < 4.78 is 12.0. The molecule has 0 saturated carbocycles. The number of benzene rings is 7. The molecule has 5 heterocycles. The molecule has 12 rings (SSSR count). The van der Waals surface area contributed by atoms with Gasteiger partial charge in [0.25, 0.3) is 0 Å². The van der Waals surface area contributed by atoms with Crippen molar-refractivity contribution in [3.05, 3.63) is 195 Å². The van der Waals surface area contributed by atoms with Gasteiger partial charge in [-0.2, -0.15) is 0 Å². The molecule has 7 aromatic carbocycles. The van der Waals surface area contributed by atoms with Gasteiger partial charge in [0.15, 0.2) is 8.07 Å². The van der Waals surface area contributed by atoms with Gasteiger partial charge in [-0.1, -0.05) is 133 Å². The van der Waals surface area contributed by atoms with Gasteiger partial charge < -0.3 is 4.74 Å². The fourth-order valence-electron chi connectivity index (χ4n) is 9.33. The fourth-order valence-corrected chi connectivity index (χ4v) is 16.6. The number of nitrogens with zero attached hydrogens (tertiary/aromatic N) is 4. The van der Waals surface area contributed by atoms with E-state index in [1.807, 2.05) is 36.4 Å². The van der Waals surface area contributed by atoms with E-state index in [1.165, 1.54) is 46.7 Å². The molecule has 0 bridgehead atoms. The van der Waals surface area contributed by atoms with E-state index in [4.69, 9.17) is 14.7 Å². The molecule has 4 aromatic heterocycles. The minimum absolute atomic E-state index is 0.762.